The first-order valence-corrected chi connectivity index (χ1v) is 14.1. The molecule has 12 heteroatoms. The molecule has 0 aliphatic carbocycles. The minimum absolute atomic E-state index is 0.0368. The zero-order valence-corrected chi connectivity index (χ0v) is 23.8. The van der Waals surface area contributed by atoms with Gasteiger partial charge in [0.15, 0.2) is 0 Å². The molecule has 8 nitrogen and oxygen atoms in total. The predicted molar refractivity (Wildman–Crippen MR) is 145 cm³/mol. The van der Waals surface area contributed by atoms with Gasteiger partial charge >= 0.3 is 0 Å². The molecule has 0 saturated carbocycles. The van der Waals surface area contributed by atoms with Crippen LogP contribution < -0.4 is 14.4 Å². The summed E-state index contributed by atoms with van der Waals surface area (Å²) >= 11 is 18.5. The van der Waals surface area contributed by atoms with Gasteiger partial charge in [-0.3, -0.25) is 13.9 Å². The quantitative estimate of drug-likeness (QED) is 0.415. The van der Waals surface area contributed by atoms with Gasteiger partial charge < -0.3 is 15.0 Å². The highest BCUT2D eigenvalue weighted by molar-refractivity contribution is 7.92. The Morgan fingerprint density at radius 3 is 2.25 bits per heavy atom. The summed E-state index contributed by atoms with van der Waals surface area (Å²) in [6.45, 7) is 4.76. The smallest absolute Gasteiger partial charge is 0.244 e. The Hall–Kier alpha value is -2.20. The van der Waals surface area contributed by atoms with Crippen LogP contribution in [0.25, 0.3) is 0 Å². The molecule has 0 aliphatic heterocycles. The van der Waals surface area contributed by atoms with Gasteiger partial charge in [0.25, 0.3) is 0 Å². The molecule has 2 amide bonds. The van der Waals surface area contributed by atoms with Crippen LogP contribution in [0.3, 0.4) is 0 Å². The molecule has 2 aromatic rings. The standard InChI is InChI=1S/C24H30Cl3N3O5S/c1-6-15(2)28-24(32)16(3)29(13-17-7-8-18(25)11-20(17)26)23(31)14-30(36(5,33)34)19-9-10-22(35-4)21(27)12-19/h7-12,15-16H,6,13-14H2,1-5H3,(H,28,32)/t15-,16-/m0/s1. The normalized spacial score (nSPS) is 13.0. The first-order valence-electron chi connectivity index (χ1n) is 11.1. The number of rotatable bonds is 11. The maximum atomic E-state index is 13.6. The summed E-state index contributed by atoms with van der Waals surface area (Å²) in [7, 11) is -2.46. The van der Waals surface area contributed by atoms with Crippen LogP contribution in [-0.4, -0.2) is 57.1 Å². The van der Waals surface area contributed by atoms with Crippen molar-refractivity contribution in [2.75, 3.05) is 24.2 Å². The van der Waals surface area contributed by atoms with E-state index in [0.29, 0.717) is 27.8 Å². The van der Waals surface area contributed by atoms with Crippen LogP contribution in [0.15, 0.2) is 36.4 Å². The molecule has 36 heavy (non-hydrogen) atoms. The molecule has 1 N–H and O–H groups in total. The molecule has 0 aliphatic rings. The van der Waals surface area contributed by atoms with Crippen LogP contribution in [0.4, 0.5) is 5.69 Å². The topological polar surface area (TPSA) is 96.0 Å². The minimum atomic E-state index is -3.90. The molecule has 2 rings (SSSR count). The van der Waals surface area contributed by atoms with Gasteiger partial charge in [0, 0.05) is 22.6 Å². The SMILES string of the molecule is CC[C@H](C)NC(=O)[C@H](C)N(Cc1ccc(Cl)cc1Cl)C(=O)CN(c1ccc(OC)c(Cl)c1)S(C)(=O)=O. The molecule has 0 aromatic heterocycles. The fourth-order valence-electron chi connectivity index (χ4n) is 3.31. The van der Waals surface area contributed by atoms with Crippen molar-refractivity contribution in [3.63, 3.8) is 0 Å². The van der Waals surface area contributed by atoms with Crippen LogP contribution in [0, 0.1) is 0 Å². The van der Waals surface area contributed by atoms with Crippen molar-refractivity contribution in [2.45, 2.75) is 45.8 Å². The number of nitrogens with one attached hydrogen (secondary N) is 1. The number of carbonyl (C=O) groups is 2. The van der Waals surface area contributed by atoms with Crippen LogP contribution in [0.1, 0.15) is 32.8 Å². The molecule has 0 unspecified atom stereocenters. The summed E-state index contributed by atoms with van der Waals surface area (Å²) in [6.07, 6.45) is 1.69. The number of hydrogen-bond acceptors (Lipinski definition) is 5. The van der Waals surface area contributed by atoms with Crippen LogP contribution in [0.5, 0.6) is 5.75 Å². The van der Waals surface area contributed by atoms with Gasteiger partial charge in [0.1, 0.15) is 18.3 Å². The van der Waals surface area contributed by atoms with E-state index in [-0.39, 0.29) is 29.2 Å². The second-order valence-corrected chi connectivity index (χ2v) is 11.5. The lowest BCUT2D eigenvalue weighted by atomic mass is 10.1. The number of anilines is 1. The lowest BCUT2D eigenvalue weighted by Gasteiger charge is -2.32. The monoisotopic (exact) mass is 577 g/mol. The third kappa shape index (κ3) is 7.90. The van der Waals surface area contributed by atoms with Crippen molar-refractivity contribution < 1.29 is 22.7 Å². The summed E-state index contributed by atoms with van der Waals surface area (Å²) in [5.41, 5.74) is 0.730. The zero-order valence-electron chi connectivity index (χ0n) is 20.7. The summed E-state index contributed by atoms with van der Waals surface area (Å²) in [5, 5.41) is 3.78. The summed E-state index contributed by atoms with van der Waals surface area (Å²) < 4.78 is 31.4. The number of nitrogens with zero attached hydrogens (tertiary/aromatic N) is 2. The molecule has 0 heterocycles. The van der Waals surface area contributed by atoms with Gasteiger partial charge in [0.2, 0.25) is 21.8 Å². The second-order valence-electron chi connectivity index (χ2n) is 8.34. The van der Waals surface area contributed by atoms with Crippen LogP contribution >= 0.6 is 34.8 Å². The van der Waals surface area contributed by atoms with E-state index in [1.54, 1.807) is 19.1 Å². The van der Waals surface area contributed by atoms with E-state index in [1.165, 1.54) is 36.3 Å². The molecule has 2 aromatic carbocycles. The Balaban J connectivity index is 2.45. The number of benzene rings is 2. The molecule has 0 radical (unpaired) electrons. The van der Waals surface area contributed by atoms with E-state index in [4.69, 9.17) is 39.5 Å². The maximum Gasteiger partial charge on any atom is 0.244 e. The first-order chi connectivity index (χ1) is 16.8. The molecule has 0 fully saturated rings. The average molecular weight is 579 g/mol. The third-order valence-corrected chi connectivity index (χ3v) is 7.65. The van der Waals surface area contributed by atoms with Gasteiger partial charge in [-0.15, -0.1) is 0 Å². The van der Waals surface area contributed by atoms with E-state index in [2.05, 4.69) is 5.32 Å². The van der Waals surface area contributed by atoms with Crippen molar-refractivity contribution in [1.82, 2.24) is 10.2 Å². The van der Waals surface area contributed by atoms with Crippen molar-refractivity contribution in [3.8, 4) is 5.75 Å². The number of methoxy groups -OCH3 is 1. The van der Waals surface area contributed by atoms with Crippen molar-refractivity contribution in [2.24, 2.45) is 0 Å². The largest absolute Gasteiger partial charge is 0.495 e. The number of sulfonamides is 1. The lowest BCUT2D eigenvalue weighted by molar-refractivity contribution is -0.139. The van der Waals surface area contributed by atoms with Crippen LogP contribution in [-0.2, 0) is 26.2 Å². The fraction of sp³-hybridized carbons (Fsp3) is 0.417. The number of amides is 2. The zero-order chi connectivity index (χ0) is 27.2. The highest BCUT2D eigenvalue weighted by Crippen LogP contribution is 2.30. The van der Waals surface area contributed by atoms with E-state index in [9.17, 15) is 18.0 Å². The lowest BCUT2D eigenvalue weighted by Crippen LogP contribution is -2.52. The molecular formula is C24H30Cl3N3O5S. The average Bonchev–Trinajstić information content (AvgIpc) is 2.80. The number of ether oxygens (including phenoxy) is 1. The Morgan fingerprint density at radius 2 is 1.72 bits per heavy atom. The maximum absolute atomic E-state index is 13.6. The van der Waals surface area contributed by atoms with Gasteiger partial charge in [0.05, 0.1) is 24.1 Å². The van der Waals surface area contributed by atoms with E-state index >= 15 is 0 Å². The van der Waals surface area contributed by atoms with Gasteiger partial charge in [-0.25, -0.2) is 8.42 Å². The highest BCUT2D eigenvalue weighted by atomic mass is 35.5. The summed E-state index contributed by atoms with van der Waals surface area (Å²) in [6, 6.07) is 8.18. The fourth-order valence-corrected chi connectivity index (χ4v) is 4.87. The van der Waals surface area contributed by atoms with Crippen molar-refractivity contribution in [1.29, 1.82) is 0 Å². The van der Waals surface area contributed by atoms with Crippen LogP contribution in [0.2, 0.25) is 15.1 Å². The first kappa shape index (κ1) is 30.0. The molecule has 0 saturated heterocycles. The molecular weight excluding hydrogens is 549 g/mol. The molecule has 198 valence electrons. The summed E-state index contributed by atoms with van der Waals surface area (Å²) in [5.74, 6) is -0.624. The van der Waals surface area contributed by atoms with Gasteiger partial charge in [-0.1, -0.05) is 47.8 Å². The van der Waals surface area contributed by atoms with Gasteiger partial charge in [-0.05, 0) is 56.2 Å². The highest BCUT2D eigenvalue weighted by Gasteiger charge is 2.31. The number of halogens is 3. The Kier molecular flexibility index (Phi) is 10.7. The van der Waals surface area contributed by atoms with E-state index in [0.717, 1.165) is 10.6 Å². The molecule has 2 atom stereocenters. The Labute approximate surface area is 227 Å². The van der Waals surface area contributed by atoms with E-state index in [1.807, 2.05) is 13.8 Å². The Morgan fingerprint density at radius 1 is 1.06 bits per heavy atom. The van der Waals surface area contributed by atoms with Crippen molar-refractivity contribution in [3.05, 3.63) is 57.0 Å². The predicted octanol–water partition coefficient (Wildman–Crippen LogP) is 4.75. The Bertz CT molecular complexity index is 1210. The molecule has 0 bridgehead atoms. The second kappa shape index (κ2) is 12.9. The third-order valence-electron chi connectivity index (χ3n) is 5.63. The minimum Gasteiger partial charge on any atom is -0.495 e. The van der Waals surface area contributed by atoms with E-state index < -0.39 is 28.5 Å². The van der Waals surface area contributed by atoms with Crippen molar-refractivity contribution >= 4 is 62.3 Å². The van der Waals surface area contributed by atoms with Gasteiger partial charge in [-0.2, -0.15) is 0 Å². The summed E-state index contributed by atoms with van der Waals surface area (Å²) in [4.78, 5) is 27.8. The number of carbonyl (C=O) groups excluding carboxylic acids is 2. The molecule has 0 spiro atoms. The number of hydrogen-bond donors (Lipinski definition) is 1.